The number of anilines is 1. The van der Waals surface area contributed by atoms with E-state index in [1.807, 2.05) is 0 Å². The highest BCUT2D eigenvalue weighted by atomic mass is 32.2. The summed E-state index contributed by atoms with van der Waals surface area (Å²) in [6.45, 7) is 2.70. The third-order valence-electron chi connectivity index (χ3n) is 6.99. The van der Waals surface area contributed by atoms with Gasteiger partial charge in [-0.15, -0.1) is 11.3 Å². The van der Waals surface area contributed by atoms with Gasteiger partial charge in [-0.25, -0.2) is 18.2 Å². The number of nitrogens with one attached hydrogen (secondary N) is 2. The number of benzene rings is 2. The number of sulfone groups is 1. The Morgan fingerprint density at radius 2 is 1.90 bits per heavy atom. The second-order valence-electron chi connectivity index (χ2n) is 9.69. The number of fused-ring (bicyclic) bond motifs is 2. The molecule has 4 amide bonds. The lowest BCUT2D eigenvalue weighted by atomic mass is 9.97. The van der Waals surface area contributed by atoms with E-state index in [0.717, 1.165) is 9.88 Å². The summed E-state index contributed by atoms with van der Waals surface area (Å²) in [5, 5.41) is 6.33. The molecule has 12 nitrogen and oxygen atoms in total. The number of piperidine rings is 1. The monoisotopic (exact) mass is 597 g/mol. The lowest BCUT2D eigenvalue weighted by Crippen LogP contribution is -2.44. The van der Waals surface area contributed by atoms with Crippen molar-refractivity contribution in [1.29, 1.82) is 0 Å². The molecule has 214 valence electrons. The molecule has 2 aromatic carbocycles. The average Bonchev–Trinajstić information content (AvgIpc) is 3.41. The number of carbonyl (C=O) groups is 4. The molecule has 4 N–H and O–H groups in total. The van der Waals surface area contributed by atoms with E-state index in [1.165, 1.54) is 48.6 Å². The largest absolute Gasteiger partial charge is 0.437 e. The van der Waals surface area contributed by atoms with Crippen LogP contribution in [0.15, 0.2) is 58.5 Å². The molecule has 1 saturated heterocycles. The van der Waals surface area contributed by atoms with Crippen molar-refractivity contribution in [2.75, 3.05) is 18.4 Å². The fourth-order valence-electron chi connectivity index (χ4n) is 4.89. The van der Waals surface area contributed by atoms with E-state index in [-0.39, 0.29) is 45.0 Å². The summed E-state index contributed by atoms with van der Waals surface area (Å²) in [5.74, 6) is -1.14. The number of ether oxygens (including phenoxy) is 1. The number of thiazole rings is 1. The smallest absolute Gasteiger partial charge is 0.405 e. The zero-order valence-corrected chi connectivity index (χ0v) is 23.6. The van der Waals surface area contributed by atoms with Crippen LogP contribution in [-0.4, -0.2) is 61.3 Å². The molecule has 0 bridgehead atoms. The average molecular weight is 598 g/mol. The van der Waals surface area contributed by atoms with Crippen LogP contribution < -0.4 is 16.4 Å². The lowest BCUT2D eigenvalue weighted by molar-refractivity contribution is -0.140. The zero-order chi connectivity index (χ0) is 29.3. The number of hydrogen-bond acceptors (Lipinski definition) is 9. The maximum atomic E-state index is 13.2. The Labute approximate surface area is 239 Å². The molecule has 1 atom stereocenters. The van der Waals surface area contributed by atoms with Crippen LogP contribution >= 0.6 is 11.3 Å². The first-order valence-corrected chi connectivity index (χ1v) is 15.1. The molecular weight excluding hydrogens is 570 g/mol. The Morgan fingerprint density at radius 1 is 1.17 bits per heavy atom. The van der Waals surface area contributed by atoms with Crippen molar-refractivity contribution in [3.05, 3.63) is 69.7 Å². The SMILES string of the molecule is CC(OC(N)=O)C(=O)N1CCC(c2ncc(CNC(=O)c3ccc4c(c3)NC(=O)c3ccccc3S4(=O)=O)s2)CC1. The topological polar surface area (TPSA) is 178 Å². The summed E-state index contributed by atoms with van der Waals surface area (Å²) in [6, 6.07) is 10.1. The van der Waals surface area contributed by atoms with E-state index in [2.05, 4.69) is 15.6 Å². The number of rotatable bonds is 6. The molecule has 3 aromatic rings. The van der Waals surface area contributed by atoms with Crippen molar-refractivity contribution in [3.8, 4) is 0 Å². The van der Waals surface area contributed by atoms with Crippen LogP contribution in [0.3, 0.4) is 0 Å². The van der Waals surface area contributed by atoms with Crippen molar-refractivity contribution < 1.29 is 32.3 Å². The molecule has 1 aromatic heterocycles. The van der Waals surface area contributed by atoms with Gasteiger partial charge in [0.1, 0.15) is 0 Å². The Balaban J connectivity index is 1.20. The van der Waals surface area contributed by atoms with Crippen molar-refractivity contribution in [2.24, 2.45) is 5.73 Å². The summed E-state index contributed by atoms with van der Waals surface area (Å²) < 4.78 is 31.1. The predicted octanol–water partition coefficient (Wildman–Crippen LogP) is 2.66. The van der Waals surface area contributed by atoms with Crippen LogP contribution in [0.5, 0.6) is 0 Å². The second kappa shape index (κ2) is 11.3. The molecule has 0 radical (unpaired) electrons. The van der Waals surface area contributed by atoms with Crippen LogP contribution in [0.1, 0.15) is 56.3 Å². The second-order valence-corrected chi connectivity index (χ2v) is 12.7. The molecular formula is C27H27N5O7S2. The van der Waals surface area contributed by atoms with Crippen LogP contribution in [0.4, 0.5) is 10.5 Å². The minimum atomic E-state index is -3.96. The molecule has 14 heteroatoms. The predicted molar refractivity (Wildman–Crippen MR) is 148 cm³/mol. The van der Waals surface area contributed by atoms with Gasteiger partial charge in [0.15, 0.2) is 6.10 Å². The molecule has 41 heavy (non-hydrogen) atoms. The lowest BCUT2D eigenvalue weighted by Gasteiger charge is -2.32. The fourth-order valence-corrected chi connectivity index (χ4v) is 7.51. The van der Waals surface area contributed by atoms with Crippen molar-refractivity contribution in [3.63, 3.8) is 0 Å². The number of amides is 4. The van der Waals surface area contributed by atoms with Gasteiger partial charge in [-0.3, -0.25) is 14.4 Å². The van der Waals surface area contributed by atoms with Gasteiger partial charge < -0.3 is 26.0 Å². The highest BCUT2D eigenvalue weighted by Crippen LogP contribution is 2.34. The van der Waals surface area contributed by atoms with Crippen LogP contribution in [-0.2, 0) is 25.9 Å². The first kappa shape index (κ1) is 28.2. The molecule has 2 aliphatic heterocycles. The Morgan fingerprint density at radius 3 is 2.63 bits per heavy atom. The van der Waals surface area contributed by atoms with E-state index < -0.39 is 33.8 Å². The fraction of sp³-hybridized carbons (Fsp3) is 0.296. The number of nitrogens with zero attached hydrogens (tertiary/aromatic N) is 2. The summed E-state index contributed by atoms with van der Waals surface area (Å²) in [7, 11) is -3.96. The van der Waals surface area contributed by atoms with Crippen LogP contribution in [0.2, 0.25) is 0 Å². The van der Waals surface area contributed by atoms with Gasteiger partial charge in [0, 0.05) is 35.6 Å². The highest BCUT2D eigenvalue weighted by molar-refractivity contribution is 7.91. The van der Waals surface area contributed by atoms with Gasteiger partial charge in [0.25, 0.3) is 17.7 Å². The Hall–Kier alpha value is -4.30. The van der Waals surface area contributed by atoms with Gasteiger partial charge in [-0.05, 0) is 50.1 Å². The first-order chi connectivity index (χ1) is 19.5. The van der Waals surface area contributed by atoms with Crippen molar-refractivity contribution in [2.45, 2.75) is 48.1 Å². The van der Waals surface area contributed by atoms with Crippen molar-refractivity contribution >= 4 is 50.7 Å². The number of primary amides is 1. The molecule has 3 heterocycles. The van der Waals surface area contributed by atoms with Gasteiger partial charge in [-0.2, -0.15) is 0 Å². The third-order valence-corrected chi connectivity index (χ3v) is 10.0. The van der Waals surface area contributed by atoms with Crippen LogP contribution in [0.25, 0.3) is 0 Å². The minimum absolute atomic E-state index is 0.0410. The Kier molecular flexibility index (Phi) is 7.78. The maximum Gasteiger partial charge on any atom is 0.405 e. The van der Waals surface area contributed by atoms with E-state index in [9.17, 15) is 27.6 Å². The number of hydrogen-bond donors (Lipinski definition) is 3. The van der Waals surface area contributed by atoms with E-state index in [4.69, 9.17) is 10.5 Å². The molecule has 1 fully saturated rings. The standard InChI is InChI=1S/C27H27N5O7S2/c1-15(39-27(28)36)26(35)32-10-8-16(9-11-32)25-30-14-18(40-25)13-29-23(33)17-6-7-22-20(12-17)31-24(34)19-4-2-3-5-21(19)41(22,37)38/h2-7,12,14-16H,8-11,13H2,1H3,(H2,28,36)(H,29,33)(H,31,34). The third kappa shape index (κ3) is 5.79. The van der Waals surface area contributed by atoms with Gasteiger partial charge in [0.05, 0.1) is 32.6 Å². The summed E-state index contributed by atoms with van der Waals surface area (Å²) in [6.07, 6.45) is 1.16. The number of likely N-dealkylation sites (tertiary alicyclic amines) is 1. The van der Waals surface area contributed by atoms with E-state index in [1.54, 1.807) is 23.2 Å². The molecule has 2 aliphatic rings. The number of nitrogens with two attached hydrogens (primary N) is 1. The minimum Gasteiger partial charge on any atom is -0.437 e. The number of aromatic nitrogens is 1. The Bertz CT molecular complexity index is 1640. The first-order valence-electron chi connectivity index (χ1n) is 12.8. The van der Waals surface area contributed by atoms with E-state index >= 15 is 0 Å². The molecule has 0 spiro atoms. The molecule has 0 aliphatic carbocycles. The van der Waals surface area contributed by atoms with Crippen LogP contribution in [0, 0.1) is 0 Å². The van der Waals surface area contributed by atoms with Crippen molar-refractivity contribution in [1.82, 2.24) is 15.2 Å². The molecule has 1 unspecified atom stereocenters. The summed E-state index contributed by atoms with van der Waals surface area (Å²) >= 11 is 1.47. The van der Waals surface area contributed by atoms with E-state index in [0.29, 0.717) is 25.9 Å². The van der Waals surface area contributed by atoms with Gasteiger partial charge in [-0.1, -0.05) is 12.1 Å². The normalized spacial score (nSPS) is 16.9. The summed E-state index contributed by atoms with van der Waals surface area (Å²) in [5.41, 5.74) is 5.28. The molecule has 0 saturated carbocycles. The maximum absolute atomic E-state index is 13.2. The quantitative estimate of drug-likeness (QED) is 0.388. The molecule has 5 rings (SSSR count). The highest BCUT2D eigenvalue weighted by Gasteiger charge is 2.32. The summed E-state index contributed by atoms with van der Waals surface area (Å²) in [4.78, 5) is 55.8. The zero-order valence-electron chi connectivity index (χ0n) is 22.0. The van der Waals surface area contributed by atoms with Gasteiger partial charge >= 0.3 is 6.09 Å². The van der Waals surface area contributed by atoms with Gasteiger partial charge in [0.2, 0.25) is 9.84 Å². The number of carbonyl (C=O) groups excluding carboxylic acids is 4.